The predicted molar refractivity (Wildman–Crippen MR) is 127 cm³/mol. The topological polar surface area (TPSA) is 66.1 Å². The summed E-state index contributed by atoms with van der Waals surface area (Å²) in [5.74, 6) is -0.342. The Morgan fingerprint density at radius 3 is 2.50 bits per heavy atom. The number of carbonyl (C=O) groups excluding carboxylic acids is 1. The van der Waals surface area contributed by atoms with Crippen LogP contribution in [-0.4, -0.2) is 25.9 Å². The highest BCUT2D eigenvalue weighted by atomic mass is 16.6. The zero-order chi connectivity index (χ0) is 23.0. The highest BCUT2D eigenvalue weighted by molar-refractivity contribution is 5.89. The van der Waals surface area contributed by atoms with Gasteiger partial charge in [-0.05, 0) is 51.0 Å². The molecular formula is C26H29N3O3. The summed E-state index contributed by atoms with van der Waals surface area (Å²) in [4.78, 5) is 25.2. The van der Waals surface area contributed by atoms with Crippen molar-refractivity contribution in [3.05, 3.63) is 75.8 Å². The number of hydrogen-bond acceptors (Lipinski definition) is 4. The second-order valence-corrected chi connectivity index (χ2v) is 9.27. The molecule has 0 unspecified atom stereocenters. The molecule has 0 saturated carbocycles. The first kappa shape index (κ1) is 21.8. The lowest BCUT2D eigenvalue weighted by molar-refractivity contribution is -0.155. The number of hydrogen-bond donors (Lipinski definition) is 0. The quantitative estimate of drug-likeness (QED) is 0.436. The van der Waals surface area contributed by atoms with Gasteiger partial charge in [0, 0.05) is 36.0 Å². The summed E-state index contributed by atoms with van der Waals surface area (Å²) in [6.07, 6.45) is 2.81. The van der Waals surface area contributed by atoms with Crippen molar-refractivity contribution >= 4 is 27.6 Å². The Hall–Kier alpha value is -3.41. The first-order valence-corrected chi connectivity index (χ1v) is 10.9. The van der Waals surface area contributed by atoms with Crippen LogP contribution in [0.5, 0.6) is 0 Å². The van der Waals surface area contributed by atoms with Gasteiger partial charge in [0.1, 0.15) is 5.60 Å². The van der Waals surface area contributed by atoms with Gasteiger partial charge in [0.05, 0.1) is 24.0 Å². The predicted octanol–water partition coefficient (Wildman–Crippen LogP) is 4.52. The molecule has 0 aliphatic heterocycles. The Bertz CT molecular complexity index is 1370. The normalized spacial score (nSPS) is 11.9. The van der Waals surface area contributed by atoms with Crippen molar-refractivity contribution < 1.29 is 9.53 Å². The van der Waals surface area contributed by atoms with Gasteiger partial charge in [0.2, 0.25) is 0 Å². The van der Waals surface area contributed by atoms with Gasteiger partial charge >= 0.3 is 5.97 Å². The van der Waals surface area contributed by atoms with Crippen molar-refractivity contribution in [2.75, 3.05) is 0 Å². The fourth-order valence-electron chi connectivity index (χ4n) is 4.22. The van der Waals surface area contributed by atoms with Gasteiger partial charge < -0.3 is 9.30 Å². The molecule has 0 bridgehead atoms. The van der Waals surface area contributed by atoms with Crippen molar-refractivity contribution in [1.29, 1.82) is 0 Å². The fourth-order valence-corrected chi connectivity index (χ4v) is 4.22. The number of aromatic nitrogens is 3. The highest BCUT2D eigenvalue weighted by Gasteiger charge is 2.18. The number of esters is 1. The summed E-state index contributed by atoms with van der Waals surface area (Å²) in [5.41, 5.74) is 3.61. The minimum Gasteiger partial charge on any atom is -0.460 e. The number of ether oxygens (including phenoxy) is 1. The minimum atomic E-state index is -0.559. The SMILES string of the molecule is Cc1cccc2c1c(Cc1nn(CCC(=O)OC(C)(C)C)c(=O)c3ccccc13)cn2C. The van der Waals surface area contributed by atoms with Crippen molar-refractivity contribution in [3.8, 4) is 0 Å². The molecule has 166 valence electrons. The summed E-state index contributed by atoms with van der Waals surface area (Å²) >= 11 is 0. The molecule has 6 nitrogen and oxygen atoms in total. The summed E-state index contributed by atoms with van der Waals surface area (Å²) < 4.78 is 8.92. The van der Waals surface area contributed by atoms with E-state index in [1.807, 2.05) is 52.1 Å². The number of benzene rings is 2. The molecule has 0 saturated heterocycles. The third kappa shape index (κ3) is 4.31. The first-order chi connectivity index (χ1) is 15.1. The lowest BCUT2D eigenvalue weighted by Crippen LogP contribution is -2.28. The minimum absolute atomic E-state index is 0.0926. The van der Waals surface area contributed by atoms with E-state index >= 15 is 0 Å². The molecule has 0 aliphatic carbocycles. The largest absolute Gasteiger partial charge is 0.460 e. The Morgan fingerprint density at radius 2 is 1.78 bits per heavy atom. The van der Waals surface area contributed by atoms with E-state index in [0.717, 1.165) is 16.6 Å². The van der Waals surface area contributed by atoms with E-state index in [0.29, 0.717) is 11.8 Å². The van der Waals surface area contributed by atoms with Crippen LogP contribution in [0, 0.1) is 6.92 Å². The molecule has 4 aromatic rings. The van der Waals surface area contributed by atoms with Crippen LogP contribution >= 0.6 is 0 Å². The second-order valence-electron chi connectivity index (χ2n) is 9.27. The maximum absolute atomic E-state index is 13.0. The standard InChI is InChI=1S/C26H29N3O3/c1-17-9-8-12-22-24(17)18(16-28(22)5)15-21-19-10-6-7-11-20(19)25(31)29(27-21)14-13-23(30)32-26(2,3)4/h6-12,16H,13-15H2,1-5H3. The van der Waals surface area contributed by atoms with Gasteiger partial charge in [-0.2, -0.15) is 5.10 Å². The van der Waals surface area contributed by atoms with Crippen molar-refractivity contribution in [1.82, 2.24) is 14.3 Å². The zero-order valence-electron chi connectivity index (χ0n) is 19.3. The molecule has 0 spiro atoms. The maximum atomic E-state index is 13.0. The molecule has 4 rings (SSSR count). The summed E-state index contributed by atoms with van der Waals surface area (Å²) in [5, 5.41) is 7.37. The number of nitrogens with zero attached hydrogens (tertiary/aromatic N) is 3. The van der Waals surface area contributed by atoms with E-state index in [1.54, 1.807) is 0 Å². The fraction of sp³-hybridized carbons (Fsp3) is 0.346. The average Bonchev–Trinajstić information content (AvgIpc) is 3.04. The first-order valence-electron chi connectivity index (χ1n) is 10.9. The number of carbonyl (C=O) groups is 1. The van der Waals surface area contributed by atoms with Gasteiger partial charge in [0.25, 0.3) is 5.56 Å². The molecule has 0 amide bonds. The molecule has 2 aromatic heterocycles. The van der Waals surface area contributed by atoms with E-state index in [1.165, 1.54) is 21.1 Å². The molecule has 0 aliphatic rings. The Labute approximate surface area is 187 Å². The molecule has 2 aromatic carbocycles. The van der Waals surface area contributed by atoms with Crippen molar-refractivity contribution in [3.63, 3.8) is 0 Å². The van der Waals surface area contributed by atoms with Gasteiger partial charge in [-0.25, -0.2) is 4.68 Å². The molecule has 0 atom stereocenters. The summed E-state index contributed by atoms with van der Waals surface area (Å²) in [6, 6.07) is 13.8. The number of rotatable bonds is 5. The monoisotopic (exact) mass is 431 g/mol. The third-order valence-corrected chi connectivity index (χ3v) is 5.55. The lowest BCUT2D eigenvalue weighted by Gasteiger charge is -2.19. The summed E-state index contributed by atoms with van der Waals surface area (Å²) in [6.45, 7) is 7.78. The Kier molecular flexibility index (Phi) is 5.63. The van der Waals surface area contributed by atoms with Crippen LogP contribution in [0.15, 0.2) is 53.5 Å². The highest BCUT2D eigenvalue weighted by Crippen LogP contribution is 2.27. The van der Waals surface area contributed by atoms with Gasteiger partial charge in [-0.15, -0.1) is 0 Å². The van der Waals surface area contributed by atoms with Crippen LogP contribution in [0.25, 0.3) is 21.7 Å². The molecular weight excluding hydrogens is 402 g/mol. The van der Waals surface area contributed by atoms with Crippen LogP contribution in [0.2, 0.25) is 0 Å². The van der Waals surface area contributed by atoms with Crippen LogP contribution in [0.4, 0.5) is 0 Å². The van der Waals surface area contributed by atoms with E-state index in [4.69, 9.17) is 9.84 Å². The molecule has 0 fully saturated rings. The van der Waals surface area contributed by atoms with Gasteiger partial charge in [-0.1, -0.05) is 30.3 Å². The van der Waals surface area contributed by atoms with Crippen LogP contribution in [0.3, 0.4) is 0 Å². The Morgan fingerprint density at radius 1 is 1.06 bits per heavy atom. The summed E-state index contributed by atoms with van der Waals surface area (Å²) in [7, 11) is 2.04. The van der Waals surface area contributed by atoms with Crippen LogP contribution in [-0.2, 0) is 29.5 Å². The number of fused-ring (bicyclic) bond motifs is 2. The van der Waals surface area contributed by atoms with Crippen molar-refractivity contribution in [2.45, 2.75) is 52.7 Å². The van der Waals surface area contributed by atoms with Gasteiger partial charge in [-0.3, -0.25) is 9.59 Å². The van der Waals surface area contributed by atoms with Crippen LogP contribution in [0.1, 0.15) is 44.0 Å². The van der Waals surface area contributed by atoms with Gasteiger partial charge in [0.15, 0.2) is 0 Å². The van der Waals surface area contributed by atoms with Crippen molar-refractivity contribution in [2.24, 2.45) is 7.05 Å². The van der Waals surface area contributed by atoms with E-state index in [2.05, 4.69) is 35.9 Å². The lowest BCUT2D eigenvalue weighted by atomic mass is 10.0. The zero-order valence-corrected chi connectivity index (χ0v) is 19.3. The third-order valence-electron chi connectivity index (χ3n) is 5.55. The van der Waals surface area contributed by atoms with E-state index < -0.39 is 5.60 Å². The van der Waals surface area contributed by atoms with E-state index in [9.17, 15) is 9.59 Å². The maximum Gasteiger partial charge on any atom is 0.308 e. The molecule has 2 heterocycles. The molecule has 0 radical (unpaired) electrons. The molecule has 0 N–H and O–H groups in total. The Balaban J connectivity index is 1.75. The smallest absolute Gasteiger partial charge is 0.308 e. The molecule has 6 heteroatoms. The molecule has 32 heavy (non-hydrogen) atoms. The average molecular weight is 432 g/mol. The van der Waals surface area contributed by atoms with E-state index in [-0.39, 0.29) is 24.5 Å². The number of aryl methyl sites for hydroxylation is 3. The second kappa shape index (κ2) is 8.26. The van der Waals surface area contributed by atoms with Crippen LogP contribution < -0.4 is 5.56 Å².